The van der Waals surface area contributed by atoms with Gasteiger partial charge in [-0.3, -0.25) is 9.59 Å². The summed E-state index contributed by atoms with van der Waals surface area (Å²) in [6, 6.07) is 0. The minimum atomic E-state index is -0.418. The summed E-state index contributed by atoms with van der Waals surface area (Å²) in [4.78, 5) is 22.7. The van der Waals surface area contributed by atoms with Gasteiger partial charge in [-0.25, -0.2) is 0 Å². The summed E-state index contributed by atoms with van der Waals surface area (Å²) >= 11 is 1.05. The maximum atomic E-state index is 11.7. The monoisotopic (exact) mass is 218 g/mol. The van der Waals surface area contributed by atoms with Gasteiger partial charge in [0.15, 0.2) is 5.12 Å². The second kappa shape index (κ2) is 5.39. The normalized spacial score (nSPS) is 13.5. The van der Waals surface area contributed by atoms with Crippen molar-refractivity contribution >= 4 is 22.8 Å². The molecule has 1 atom stereocenters. The van der Waals surface area contributed by atoms with Gasteiger partial charge in [0.25, 0.3) is 0 Å². The molecule has 0 saturated heterocycles. The van der Waals surface area contributed by atoms with E-state index in [-0.39, 0.29) is 16.5 Å². The first-order valence-electron chi connectivity index (χ1n) is 4.64. The summed E-state index contributed by atoms with van der Waals surface area (Å²) in [7, 11) is 1.33. The Morgan fingerprint density at radius 3 is 2.29 bits per heavy atom. The molecule has 0 aliphatic heterocycles. The van der Waals surface area contributed by atoms with E-state index in [1.54, 1.807) is 6.92 Å². The minimum absolute atomic E-state index is 0.0397. The van der Waals surface area contributed by atoms with Crippen LogP contribution in [0.4, 0.5) is 0 Å². The summed E-state index contributed by atoms with van der Waals surface area (Å²) in [6.07, 6.45) is 0.771. The average Bonchev–Trinajstić information content (AvgIpc) is 2.16. The van der Waals surface area contributed by atoms with Crippen molar-refractivity contribution in [2.75, 3.05) is 7.11 Å². The van der Waals surface area contributed by atoms with Crippen molar-refractivity contribution in [3.8, 4) is 0 Å². The molecule has 0 bridgehead atoms. The first kappa shape index (κ1) is 13.5. The number of hydrogen-bond acceptors (Lipinski definition) is 4. The molecule has 0 spiro atoms. The third kappa shape index (κ3) is 3.70. The Morgan fingerprint density at radius 1 is 1.43 bits per heavy atom. The van der Waals surface area contributed by atoms with Gasteiger partial charge in [0.2, 0.25) is 0 Å². The molecule has 3 nitrogen and oxygen atoms in total. The largest absolute Gasteiger partial charge is 0.468 e. The predicted molar refractivity (Wildman–Crippen MR) is 58.1 cm³/mol. The molecule has 0 rings (SSSR count). The average molecular weight is 218 g/mol. The number of methoxy groups -OCH3 is 1. The number of carbonyl (C=O) groups excluding carboxylic acids is 2. The first-order valence-corrected chi connectivity index (χ1v) is 5.52. The Labute approximate surface area is 89.6 Å². The number of rotatable bonds is 4. The lowest BCUT2D eigenvalue weighted by Crippen LogP contribution is -2.25. The van der Waals surface area contributed by atoms with Gasteiger partial charge in [0.05, 0.1) is 7.11 Å². The molecule has 0 fully saturated rings. The van der Waals surface area contributed by atoms with Crippen LogP contribution < -0.4 is 0 Å². The summed E-state index contributed by atoms with van der Waals surface area (Å²) < 4.78 is 4.55. The highest BCUT2D eigenvalue weighted by Crippen LogP contribution is 2.29. The Hall–Kier alpha value is -0.510. The Morgan fingerprint density at radius 2 is 1.93 bits per heavy atom. The zero-order chi connectivity index (χ0) is 11.4. The SMILES string of the molecule is CCC(C)(C)C(=O)SC(C)C(=O)OC. The maximum Gasteiger partial charge on any atom is 0.318 e. The number of hydrogen-bond donors (Lipinski definition) is 0. The Bertz CT molecular complexity index is 223. The van der Waals surface area contributed by atoms with Crippen LogP contribution in [0.5, 0.6) is 0 Å². The van der Waals surface area contributed by atoms with Crippen molar-refractivity contribution in [2.24, 2.45) is 5.41 Å². The Balaban J connectivity index is 4.26. The second-order valence-corrected chi connectivity index (χ2v) is 5.12. The van der Waals surface area contributed by atoms with Gasteiger partial charge in [-0.2, -0.15) is 0 Å². The standard InChI is InChI=1S/C10H18O3S/c1-6-10(3,4)9(12)14-7(2)8(11)13-5/h7H,6H2,1-5H3. The maximum absolute atomic E-state index is 11.7. The van der Waals surface area contributed by atoms with Crippen molar-refractivity contribution in [2.45, 2.75) is 39.4 Å². The van der Waals surface area contributed by atoms with Gasteiger partial charge in [0, 0.05) is 5.41 Å². The van der Waals surface area contributed by atoms with Crippen LogP contribution in [0, 0.1) is 5.41 Å². The molecule has 0 radical (unpaired) electrons. The molecule has 0 aromatic carbocycles. The summed E-state index contributed by atoms with van der Waals surface area (Å²) in [5, 5.41) is -0.378. The van der Waals surface area contributed by atoms with Crippen LogP contribution in [-0.4, -0.2) is 23.4 Å². The zero-order valence-corrected chi connectivity index (χ0v) is 10.2. The van der Waals surface area contributed by atoms with Crippen LogP contribution in [0.3, 0.4) is 0 Å². The van der Waals surface area contributed by atoms with E-state index in [4.69, 9.17) is 0 Å². The van der Waals surface area contributed by atoms with Crippen LogP contribution in [-0.2, 0) is 14.3 Å². The van der Waals surface area contributed by atoms with E-state index in [1.165, 1.54) is 7.11 Å². The molecule has 0 aliphatic rings. The quantitative estimate of drug-likeness (QED) is 0.679. The lowest BCUT2D eigenvalue weighted by molar-refractivity contribution is -0.139. The van der Waals surface area contributed by atoms with Gasteiger partial charge in [-0.05, 0) is 13.3 Å². The fourth-order valence-electron chi connectivity index (χ4n) is 0.678. The molecule has 14 heavy (non-hydrogen) atoms. The molecule has 1 unspecified atom stereocenters. The van der Waals surface area contributed by atoms with Crippen LogP contribution >= 0.6 is 11.8 Å². The molecule has 0 aliphatic carbocycles. The molecule has 0 aromatic heterocycles. The fourth-order valence-corrected chi connectivity index (χ4v) is 1.66. The van der Waals surface area contributed by atoms with Crippen molar-refractivity contribution in [1.82, 2.24) is 0 Å². The van der Waals surface area contributed by atoms with Gasteiger partial charge in [0.1, 0.15) is 5.25 Å². The first-order chi connectivity index (χ1) is 6.35. The van der Waals surface area contributed by atoms with Crippen LogP contribution in [0.1, 0.15) is 34.1 Å². The van der Waals surface area contributed by atoms with E-state index >= 15 is 0 Å². The van der Waals surface area contributed by atoms with Gasteiger partial charge < -0.3 is 4.74 Å². The summed E-state index contributed by atoms with van der Waals surface area (Å²) in [5.74, 6) is -0.352. The topological polar surface area (TPSA) is 43.4 Å². The molecule has 82 valence electrons. The van der Waals surface area contributed by atoms with Gasteiger partial charge in [-0.15, -0.1) is 0 Å². The Kier molecular flexibility index (Phi) is 5.19. The molecule has 0 amide bonds. The second-order valence-electron chi connectivity index (χ2n) is 3.81. The molecular weight excluding hydrogens is 200 g/mol. The molecule has 0 saturated carbocycles. The van der Waals surface area contributed by atoms with E-state index in [1.807, 2.05) is 20.8 Å². The number of thioether (sulfide) groups is 1. The highest BCUT2D eigenvalue weighted by molar-refractivity contribution is 8.14. The molecule has 0 N–H and O–H groups in total. The zero-order valence-electron chi connectivity index (χ0n) is 9.42. The summed E-state index contributed by atoms with van der Waals surface area (Å²) in [6.45, 7) is 7.40. The summed E-state index contributed by atoms with van der Waals surface area (Å²) in [5.41, 5.74) is -0.368. The molecule has 0 heterocycles. The number of ether oxygens (including phenoxy) is 1. The molecular formula is C10H18O3S. The van der Waals surface area contributed by atoms with Crippen LogP contribution in [0.2, 0.25) is 0 Å². The lowest BCUT2D eigenvalue weighted by atomic mass is 9.92. The third-order valence-corrected chi connectivity index (χ3v) is 3.57. The third-order valence-electron chi connectivity index (χ3n) is 2.25. The lowest BCUT2D eigenvalue weighted by Gasteiger charge is -2.21. The highest BCUT2D eigenvalue weighted by Gasteiger charge is 2.29. The smallest absolute Gasteiger partial charge is 0.318 e. The number of carbonyl (C=O) groups is 2. The van der Waals surface area contributed by atoms with E-state index in [0.29, 0.717) is 0 Å². The molecule has 4 heteroatoms. The van der Waals surface area contributed by atoms with Crippen molar-refractivity contribution in [1.29, 1.82) is 0 Å². The van der Waals surface area contributed by atoms with E-state index in [0.717, 1.165) is 18.2 Å². The van der Waals surface area contributed by atoms with Crippen LogP contribution in [0.15, 0.2) is 0 Å². The van der Waals surface area contributed by atoms with E-state index < -0.39 is 5.25 Å². The van der Waals surface area contributed by atoms with Crippen molar-refractivity contribution < 1.29 is 14.3 Å². The predicted octanol–water partition coefficient (Wildman–Crippen LogP) is 2.24. The van der Waals surface area contributed by atoms with E-state index in [9.17, 15) is 9.59 Å². The minimum Gasteiger partial charge on any atom is -0.468 e. The van der Waals surface area contributed by atoms with E-state index in [2.05, 4.69) is 4.74 Å². The van der Waals surface area contributed by atoms with Crippen LogP contribution in [0.25, 0.3) is 0 Å². The van der Waals surface area contributed by atoms with Crippen molar-refractivity contribution in [3.05, 3.63) is 0 Å². The fraction of sp³-hybridized carbons (Fsp3) is 0.800. The highest BCUT2D eigenvalue weighted by atomic mass is 32.2. The molecule has 0 aromatic rings. The van der Waals surface area contributed by atoms with Crippen molar-refractivity contribution in [3.63, 3.8) is 0 Å². The van der Waals surface area contributed by atoms with Gasteiger partial charge >= 0.3 is 5.97 Å². The van der Waals surface area contributed by atoms with Gasteiger partial charge in [-0.1, -0.05) is 32.5 Å². The number of esters is 1.